The number of primary amides is 1. The van der Waals surface area contributed by atoms with Crippen LogP contribution in [0.1, 0.15) is 32.1 Å². The average Bonchev–Trinajstić information content (AvgIpc) is 2.03. The number of carbonyl (C=O) groups excluding carboxylic acids is 2. The molecule has 1 amide bonds. The van der Waals surface area contributed by atoms with Gasteiger partial charge < -0.3 is 10.5 Å². The van der Waals surface area contributed by atoms with E-state index in [0.717, 1.165) is 19.3 Å². The van der Waals surface area contributed by atoms with E-state index >= 15 is 0 Å². The Morgan fingerprint density at radius 3 is 2.25 bits per heavy atom. The van der Waals surface area contributed by atoms with Crippen LogP contribution in [0.2, 0.25) is 0 Å². The third-order valence-corrected chi connectivity index (χ3v) is 1.53. The SMILES string of the molecule is COC(=O)CCCCCC(N)=O. The number of rotatable bonds is 6. The van der Waals surface area contributed by atoms with Crippen LogP contribution in [0.5, 0.6) is 0 Å². The minimum Gasteiger partial charge on any atom is -0.469 e. The number of hydrogen-bond acceptors (Lipinski definition) is 3. The molecule has 0 saturated heterocycles. The van der Waals surface area contributed by atoms with Crippen molar-refractivity contribution in [3.8, 4) is 0 Å². The molecule has 0 fully saturated rings. The lowest BCUT2D eigenvalue weighted by molar-refractivity contribution is -0.140. The Morgan fingerprint density at radius 2 is 1.75 bits per heavy atom. The van der Waals surface area contributed by atoms with E-state index in [1.54, 1.807) is 0 Å². The molecule has 0 aliphatic carbocycles. The average molecular weight is 173 g/mol. The molecule has 4 nitrogen and oxygen atoms in total. The minimum atomic E-state index is -0.284. The molecule has 0 radical (unpaired) electrons. The molecule has 0 saturated carbocycles. The van der Waals surface area contributed by atoms with E-state index in [9.17, 15) is 9.59 Å². The second-order valence-corrected chi connectivity index (χ2v) is 2.60. The van der Waals surface area contributed by atoms with E-state index < -0.39 is 0 Å². The standard InChI is InChI=1S/C8H15NO3/c1-12-8(11)6-4-2-3-5-7(9)10/h2-6H2,1H3,(H2,9,10). The van der Waals surface area contributed by atoms with Crippen LogP contribution in [-0.2, 0) is 14.3 Å². The summed E-state index contributed by atoms with van der Waals surface area (Å²) in [6.07, 6.45) is 3.20. The van der Waals surface area contributed by atoms with Crippen LogP contribution >= 0.6 is 0 Å². The number of methoxy groups -OCH3 is 1. The van der Waals surface area contributed by atoms with E-state index in [-0.39, 0.29) is 11.9 Å². The molecule has 0 atom stereocenters. The molecule has 70 valence electrons. The molecule has 4 heteroatoms. The Kier molecular flexibility index (Phi) is 6.05. The number of carbonyl (C=O) groups is 2. The summed E-state index contributed by atoms with van der Waals surface area (Å²) >= 11 is 0. The molecule has 0 unspecified atom stereocenters. The maximum atomic E-state index is 10.6. The molecule has 0 aliphatic rings. The molecule has 0 bridgehead atoms. The fraction of sp³-hybridized carbons (Fsp3) is 0.750. The van der Waals surface area contributed by atoms with Gasteiger partial charge in [0, 0.05) is 12.8 Å². The largest absolute Gasteiger partial charge is 0.469 e. The maximum absolute atomic E-state index is 10.6. The van der Waals surface area contributed by atoms with Crippen LogP contribution in [-0.4, -0.2) is 19.0 Å². The molecule has 0 spiro atoms. The van der Waals surface area contributed by atoms with Crippen molar-refractivity contribution in [3.05, 3.63) is 0 Å². The van der Waals surface area contributed by atoms with Gasteiger partial charge in [0.2, 0.25) is 5.91 Å². The van der Waals surface area contributed by atoms with Crippen molar-refractivity contribution in [2.45, 2.75) is 32.1 Å². The fourth-order valence-corrected chi connectivity index (χ4v) is 0.847. The summed E-state index contributed by atoms with van der Waals surface area (Å²) in [6.45, 7) is 0. The van der Waals surface area contributed by atoms with Crippen molar-refractivity contribution in [2.75, 3.05) is 7.11 Å². The lowest BCUT2D eigenvalue weighted by Crippen LogP contribution is -2.09. The first-order valence-corrected chi connectivity index (χ1v) is 4.02. The number of ether oxygens (including phenoxy) is 1. The van der Waals surface area contributed by atoms with Gasteiger partial charge in [0.25, 0.3) is 0 Å². The molecule has 0 aliphatic heterocycles. The zero-order valence-electron chi connectivity index (χ0n) is 7.34. The van der Waals surface area contributed by atoms with Gasteiger partial charge in [-0.25, -0.2) is 0 Å². The summed E-state index contributed by atoms with van der Waals surface area (Å²) in [7, 11) is 1.37. The second kappa shape index (κ2) is 6.64. The number of unbranched alkanes of at least 4 members (excludes halogenated alkanes) is 2. The number of nitrogens with two attached hydrogens (primary N) is 1. The highest BCUT2D eigenvalue weighted by Crippen LogP contribution is 2.02. The van der Waals surface area contributed by atoms with Gasteiger partial charge in [-0.3, -0.25) is 9.59 Å². The van der Waals surface area contributed by atoms with Crippen molar-refractivity contribution < 1.29 is 14.3 Å². The van der Waals surface area contributed by atoms with Crippen LogP contribution in [0.3, 0.4) is 0 Å². The molecule has 2 N–H and O–H groups in total. The topological polar surface area (TPSA) is 69.4 Å². The molecular formula is C8H15NO3. The van der Waals surface area contributed by atoms with E-state index in [4.69, 9.17) is 5.73 Å². The predicted molar refractivity (Wildman–Crippen MR) is 44.3 cm³/mol. The second-order valence-electron chi connectivity index (χ2n) is 2.60. The van der Waals surface area contributed by atoms with Gasteiger partial charge in [0.15, 0.2) is 0 Å². The van der Waals surface area contributed by atoms with Crippen LogP contribution in [0.4, 0.5) is 0 Å². The minimum absolute atomic E-state index is 0.200. The molecule has 0 aromatic rings. The highest BCUT2D eigenvalue weighted by atomic mass is 16.5. The molecule has 0 heterocycles. The van der Waals surface area contributed by atoms with Gasteiger partial charge in [0.05, 0.1) is 7.11 Å². The predicted octanol–water partition coefficient (Wildman–Crippen LogP) is 0.595. The number of hydrogen-bond donors (Lipinski definition) is 1. The van der Waals surface area contributed by atoms with Crippen LogP contribution in [0.25, 0.3) is 0 Å². The third kappa shape index (κ3) is 7.05. The van der Waals surface area contributed by atoms with Gasteiger partial charge in [-0.05, 0) is 12.8 Å². The van der Waals surface area contributed by atoms with E-state index in [1.165, 1.54) is 7.11 Å². The molecule has 0 aromatic carbocycles. The Hall–Kier alpha value is -1.06. The highest BCUT2D eigenvalue weighted by molar-refractivity contribution is 5.73. The number of esters is 1. The summed E-state index contributed by atoms with van der Waals surface area (Å²) in [6, 6.07) is 0. The van der Waals surface area contributed by atoms with Crippen LogP contribution in [0, 0.1) is 0 Å². The van der Waals surface area contributed by atoms with Crippen molar-refractivity contribution in [2.24, 2.45) is 5.73 Å². The smallest absolute Gasteiger partial charge is 0.305 e. The van der Waals surface area contributed by atoms with Gasteiger partial charge in [-0.15, -0.1) is 0 Å². The highest BCUT2D eigenvalue weighted by Gasteiger charge is 1.99. The van der Waals surface area contributed by atoms with E-state index in [2.05, 4.69) is 4.74 Å². The van der Waals surface area contributed by atoms with Crippen molar-refractivity contribution in [1.82, 2.24) is 0 Å². The lowest BCUT2D eigenvalue weighted by atomic mass is 10.1. The van der Waals surface area contributed by atoms with Gasteiger partial charge >= 0.3 is 5.97 Å². The molecule has 0 aromatic heterocycles. The zero-order chi connectivity index (χ0) is 9.40. The van der Waals surface area contributed by atoms with Crippen molar-refractivity contribution in [1.29, 1.82) is 0 Å². The lowest BCUT2D eigenvalue weighted by Gasteiger charge is -1.98. The number of amides is 1. The summed E-state index contributed by atoms with van der Waals surface area (Å²) in [5.74, 6) is -0.484. The van der Waals surface area contributed by atoms with Crippen molar-refractivity contribution >= 4 is 11.9 Å². The van der Waals surface area contributed by atoms with E-state index in [0.29, 0.717) is 12.8 Å². The summed E-state index contributed by atoms with van der Waals surface area (Å²) in [5.41, 5.74) is 4.93. The van der Waals surface area contributed by atoms with Gasteiger partial charge in [-0.1, -0.05) is 6.42 Å². The first kappa shape index (κ1) is 10.9. The molecule has 0 rings (SSSR count). The molecule has 12 heavy (non-hydrogen) atoms. The Bertz CT molecular complexity index is 156. The summed E-state index contributed by atoms with van der Waals surface area (Å²) < 4.78 is 4.45. The zero-order valence-corrected chi connectivity index (χ0v) is 7.34. The first-order chi connectivity index (χ1) is 5.66. The van der Waals surface area contributed by atoms with Gasteiger partial charge in [-0.2, -0.15) is 0 Å². The van der Waals surface area contributed by atoms with Crippen molar-refractivity contribution in [3.63, 3.8) is 0 Å². The third-order valence-electron chi connectivity index (χ3n) is 1.53. The molecular weight excluding hydrogens is 158 g/mol. The van der Waals surface area contributed by atoms with E-state index in [1.807, 2.05) is 0 Å². The van der Waals surface area contributed by atoms with Gasteiger partial charge in [0.1, 0.15) is 0 Å². The van der Waals surface area contributed by atoms with Crippen LogP contribution < -0.4 is 5.73 Å². The summed E-state index contributed by atoms with van der Waals surface area (Å²) in [4.78, 5) is 20.9. The fourth-order valence-electron chi connectivity index (χ4n) is 0.847. The Labute approximate surface area is 72.1 Å². The summed E-state index contributed by atoms with van der Waals surface area (Å²) in [5, 5.41) is 0. The Morgan fingerprint density at radius 1 is 1.17 bits per heavy atom. The Balaban J connectivity index is 3.11. The normalized spacial score (nSPS) is 9.42. The monoisotopic (exact) mass is 173 g/mol. The first-order valence-electron chi connectivity index (χ1n) is 4.02. The van der Waals surface area contributed by atoms with Crippen LogP contribution in [0.15, 0.2) is 0 Å². The maximum Gasteiger partial charge on any atom is 0.305 e. The quantitative estimate of drug-likeness (QED) is 0.472.